The van der Waals surface area contributed by atoms with Crippen LogP contribution >= 0.6 is 12.4 Å². The molecule has 1 amide bonds. The lowest BCUT2D eigenvalue weighted by Gasteiger charge is -2.08. The van der Waals surface area contributed by atoms with Gasteiger partial charge in [-0.2, -0.15) is 0 Å². The van der Waals surface area contributed by atoms with Gasteiger partial charge in [0.1, 0.15) is 0 Å². The van der Waals surface area contributed by atoms with Crippen molar-refractivity contribution in [3.63, 3.8) is 0 Å². The maximum Gasteiger partial charge on any atom is 0.238 e. The molecule has 1 fully saturated rings. The molecule has 4 nitrogen and oxygen atoms in total. The number of carbonyl (C=O) groups is 1. The van der Waals surface area contributed by atoms with Crippen LogP contribution in [0.15, 0.2) is 54.6 Å². The number of halogens is 1. The highest BCUT2D eigenvalue weighted by Gasteiger charge is 2.20. The van der Waals surface area contributed by atoms with E-state index in [1.165, 1.54) is 12.8 Å². The Kier molecular flexibility index (Phi) is 8.29. The van der Waals surface area contributed by atoms with Crippen molar-refractivity contribution >= 4 is 34.8 Å². The third-order valence-electron chi connectivity index (χ3n) is 4.12. The normalized spacial score (nSPS) is 14.3. The van der Waals surface area contributed by atoms with Crippen LogP contribution in [0.5, 0.6) is 0 Å². The van der Waals surface area contributed by atoms with Crippen molar-refractivity contribution in [3.8, 4) is 0 Å². The van der Waals surface area contributed by atoms with Crippen LogP contribution in [0, 0.1) is 5.92 Å². The van der Waals surface area contributed by atoms with Crippen LogP contribution < -0.4 is 10.6 Å². The Balaban J connectivity index is 0.00000243. The molecule has 0 spiro atoms. The van der Waals surface area contributed by atoms with E-state index in [0.717, 1.165) is 29.3 Å². The summed E-state index contributed by atoms with van der Waals surface area (Å²) >= 11 is 0. The Morgan fingerprint density at radius 3 is 2.42 bits per heavy atom. The minimum Gasteiger partial charge on any atom is -0.325 e. The van der Waals surface area contributed by atoms with Crippen LogP contribution in [0.2, 0.25) is 0 Å². The summed E-state index contributed by atoms with van der Waals surface area (Å²) in [4.78, 5) is 12.0. The first-order chi connectivity index (χ1) is 12.2. The van der Waals surface area contributed by atoms with E-state index in [-0.39, 0.29) is 18.3 Å². The zero-order chi connectivity index (χ0) is 17.5. The number of amides is 1. The number of anilines is 1. The van der Waals surface area contributed by atoms with Crippen LogP contribution in [-0.2, 0) is 27.1 Å². The maximum atomic E-state index is 12.3. The zero-order valence-corrected chi connectivity index (χ0v) is 16.3. The van der Waals surface area contributed by atoms with Crippen molar-refractivity contribution in [1.82, 2.24) is 5.32 Å². The molecule has 1 unspecified atom stereocenters. The van der Waals surface area contributed by atoms with E-state index in [1.54, 1.807) is 0 Å². The Morgan fingerprint density at radius 1 is 1.00 bits per heavy atom. The zero-order valence-electron chi connectivity index (χ0n) is 14.6. The Morgan fingerprint density at radius 2 is 1.69 bits per heavy atom. The highest BCUT2D eigenvalue weighted by molar-refractivity contribution is 7.83. The van der Waals surface area contributed by atoms with E-state index in [0.29, 0.717) is 18.1 Å². The number of hydrogen-bond donors (Lipinski definition) is 2. The van der Waals surface area contributed by atoms with Gasteiger partial charge < -0.3 is 10.6 Å². The van der Waals surface area contributed by atoms with Gasteiger partial charge >= 0.3 is 0 Å². The molecule has 3 rings (SSSR count). The second-order valence-electron chi connectivity index (χ2n) is 6.54. The molecule has 1 atom stereocenters. The molecule has 2 aromatic carbocycles. The number of rotatable bonds is 9. The van der Waals surface area contributed by atoms with Crippen molar-refractivity contribution in [2.24, 2.45) is 5.92 Å². The molecule has 0 radical (unpaired) electrons. The molecular weight excluding hydrogens is 368 g/mol. The number of carbonyl (C=O) groups excluding carboxylic acids is 1. The smallest absolute Gasteiger partial charge is 0.238 e. The summed E-state index contributed by atoms with van der Waals surface area (Å²) in [7, 11) is -0.971. The molecule has 0 saturated heterocycles. The van der Waals surface area contributed by atoms with Crippen LogP contribution in [-0.4, -0.2) is 23.2 Å². The lowest BCUT2D eigenvalue weighted by atomic mass is 10.2. The van der Waals surface area contributed by atoms with Gasteiger partial charge in [-0.05, 0) is 48.6 Å². The topological polar surface area (TPSA) is 58.2 Å². The van der Waals surface area contributed by atoms with Crippen molar-refractivity contribution < 1.29 is 9.00 Å². The molecule has 2 N–H and O–H groups in total. The first-order valence-electron chi connectivity index (χ1n) is 8.67. The standard InChI is InChI=1S/C20H24N2O2S.ClH/c23-20(13-21-12-16-9-10-16)22-19-8-4-7-18(11-19)15-25(24)14-17-5-2-1-3-6-17;/h1-8,11,16,21H,9-10,12-15H2,(H,22,23);1H. The Hall–Kier alpha value is -1.69. The monoisotopic (exact) mass is 392 g/mol. The molecule has 0 bridgehead atoms. The van der Waals surface area contributed by atoms with Gasteiger partial charge in [0.15, 0.2) is 0 Å². The van der Waals surface area contributed by atoms with Gasteiger partial charge in [-0.3, -0.25) is 9.00 Å². The fraction of sp³-hybridized carbons (Fsp3) is 0.350. The lowest BCUT2D eigenvalue weighted by Crippen LogP contribution is -2.29. The summed E-state index contributed by atoms with van der Waals surface area (Å²) in [6, 6.07) is 17.5. The van der Waals surface area contributed by atoms with Gasteiger partial charge in [-0.25, -0.2) is 0 Å². The second kappa shape index (κ2) is 10.5. The summed E-state index contributed by atoms with van der Waals surface area (Å²) in [5.41, 5.74) is 2.80. The SMILES string of the molecule is Cl.O=C(CNCC1CC1)Nc1cccc(CS(=O)Cc2ccccc2)c1. The van der Waals surface area contributed by atoms with Crippen molar-refractivity contribution in [3.05, 3.63) is 65.7 Å². The van der Waals surface area contributed by atoms with E-state index < -0.39 is 10.8 Å². The van der Waals surface area contributed by atoms with Gasteiger partial charge in [0.25, 0.3) is 0 Å². The molecule has 0 aliphatic heterocycles. The first-order valence-corrected chi connectivity index (χ1v) is 10.2. The quantitative estimate of drug-likeness (QED) is 0.686. The summed E-state index contributed by atoms with van der Waals surface area (Å²) in [5.74, 6) is 1.75. The Labute approximate surface area is 163 Å². The first kappa shape index (κ1) is 20.6. The number of benzene rings is 2. The van der Waals surface area contributed by atoms with E-state index in [4.69, 9.17) is 0 Å². The molecule has 140 valence electrons. The predicted octanol–water partition coefficient (Wildman–Crippen LogP) is 3.50. The third-order valence-corrected chi connectivity index (χ3v) is 5.43. The fourth-order valence-electron chi connectivity index (χ4n) is 2.65. The molecule has 26 heavy (non-hydrogen) atoms. The van der Waals surface area contributed by atoms with E-state index in [9.17, 15) is 9.00 Å². The number of nitrogens with one attached hydrogen (secondary N) is 2. The average Bonchev–Trinajstić information content (AvgIpc) is 3.40. The molecule has 0 aromatic heterocycles. The molecule has 2 aromatic rings. The lowest BCUT2D eigenvalue weighted by molar-refractivity contribution is -0.115. The van der Waals surface area contributed by atoms with Crippen LogP contribution in [0.25, 0.3) is 0 Å². The van der Waals surface area contributed by atoms with Gasteiger partial charge in [-0.1, -0.05) is 42.5 Å². The van der Waals surface area contributed by atoms with Gasteiger partial charge in [0.2, 0.25) is 5.91 Å². The molecule has 0 heterocycles. The molecule has 1 aliphatic rings. The molecule has 1 aliphatic carbocycles. The maximum absolute atomic E-state index is 12.3. The van der Waals surface area contributed by atoms with E-state index >= 15 is 0 Å². The fourth-order valence-corrected chi connectivity index (χ4v) is 3.87. The van der Waals surface area contributed by atoms with Crippen molar-refractivity contribution in [1.29, 1.82) is 0 Å². The van der Waals surface area contributed by atoms with Crippen LogP contribution in [0.4, 0.5) is 5.69 Å². The van der Waals surface area contributed by atoms with E-state index in [2.05, 4.69) is 10.6 Å². The van der Waals surface area contributed by atoms with Gasteiger partial charge in [0, 0.05) is 28.0 Å². The summed E-state index contributed by atoms with van der Waals surface area (Å²) in [6.07, 6.45) is 2.55. The average molecular weight is 393 g/mol. The minimum absolute atomic E-state index is 0. The highest BCUT2D eigenvalue weighted by Crippen LogP contribution is 2.27. The molecule has 1 saturated carbocycles. The Bertz CT molecular complexity index is 736. The second-order valence-corrected chi connectivity index (χ2v) is 7.99. The van der Waals surface area contributed by atoms with Crippen LogP contribution in [0.3, 0.4) is 0 Å². The number of hydrogen-bond acceptors (Lipinski definition) is 3. The summed E-state index contributed by atoms with van der Waals surface area (Å²) in [6.45, 7) is 1.26. The molecule has 6 heteroatoms. The largest absolute Gasteiger partial charge is 0.325 e. The van der Waals surface area contributed by atoms with Crippen molar-refractivity contribution in [2.75, 3.05) is 18.4 Å². The summed E-state index contributed by atoms with van der Waals surface area (Å²) in [5, 5.41) is 6.08. The third kappa shape index (κ3) is 7.28. The molecular formula is C20H25ClN2O2S. The van der Waals surface area contributed by atoms with Gasteiger partial charge in [-0.15, -0.1) is 12.4 Å². The van der Waals surface area contributed by atoms with E-state index in [1.807, 2.05) is 54.6 Å². The van der Waals surface area contributed by atoms with Crippen molar-refractivity contribution in [2.45, 2.75) is 24.3 Å². The highest BCUT2D eigenvalue weighted by atomic mass is 35.5. The predicted molar refractivity (Wildman–Crippen MR) is 110 cm³/mol. The van der Waals surface area contributed by atoms with Gasteiger partial charge in [0.05, 0.1) is 6.54 Å². The summed E-state index contributed by atoms with van der Waals surface area (Å²) < 4.78 is 12.3. The minimum atomic E-state index is -0.971. The van der Waals surface area contributed by atoms with Crippen LogP contribution in [0.1, 0.15) is 24.0 Å².